The normalized spacial score (nSPS) is 12.1. The molecule has 0 heterocycles. The summed E-state index contributed by atoms with van der Waals surface area (Å²) < 4.78 is 9.38. The fourth-order valence-corrected chi connectivity index (χ4v) is 1.54. The molecule has 0 saturated carbocycles. The Bertz CT molecular complexity index is 289. The van der Waals surface area contributed by atoms with Gasteiger partial charge in [0.15, 0.2) is 0 Å². The zero-order valence-corrected chi connectivity index (χ0v) is 10.6. The third kappa shape index (κ3) is 3.68. The van der Waals surface area contributed by atoms with E-state index in [1.165, 1.54) is 14.2 Å². The standard InChI is InChI=1S/C12H20O4/c1-6-7-9(11(13)15-4)10(8(2)3)12(14)16-5/h8H,6-7H2,1-5H3/b10-9-. The van der Waals surface area contributed by atoms with Gasteiger partial charge in [-0.2, -0.15) is 0 Å². The van der Waals surface area contributed by atoms with E-state index in [4.69, 9.17) is 4.74 Å². The van der Waals surface area contributed by atoms with E-state index < -0.39 is 11.9 Å². The summed E-state index contributed by atoms with van der Waals surface area (Å²) in [7, 11) is 2.62. The highest BCUT2D eigenvalue weighted by Crippen LogP contribution is 2.21. The second-order valence-corrected chi connectivity index (χ2v) is 3.78. The minimum atomic E-state index is -0.455. The zero-order chi connectivity index (χ0) is 12.7. The molecular formula is C12H20O4. The topological polar surface area (TPSA) is 52.6 Å². The summed E-state index contributed by atoms with van der Waals surface area (Å²) in [6, 6.07) is 0. The Morgan fingerprint density at radius 3 is 1.88 bits per heavy atom. The van der Waals surface area contributed by atoms with Crippen molar-refractivity contribution in [3.63, 3.8) is 0 Å². The van der Waals surface area contributed by atoms with Crippen molar-refractivity contribution in [3.05, 3.63) is 11.1 Å². The summed E-state index contributed by atoms with van der Waals surface area (Å²) in [4.78, 5) is 23.2. The Morgan fingerprint density at radius 1 is 1.06 bits per heavy atom. The first-order valence-electron chi connectivity index (χ1n) is 5.39. The van der Waals surface area contributed by atoms with Crippen LogP contribution in [0.2, 0.25) is 0 Å². The molecule has 0 aromatic heterocycles. The highest BCUT2D eigenvalue weighted by molar-refractivity contribution is 6.00. The first kappa shape index (κ1) is 14.7. The van der Waals surface area contributed by atoms with Crippen molar-refractivity contribution in [2.45, 2.75) is 33.6 Å². The van der Waals surface area contributed by atoms with Crippen LogP contribution in [0.3, 0.4) is 0 Å². The number of methoxy groups -OCH3 is 2. The Labute approximate surface area is 96.6 Å². The van der Waals surface area contributed by atoms with Crippen molar-refractivity contribution in [2.75, 3.05) is 14.2 Å². The minimum absolute atomic E-state index is 0.0619. The Hall–Kier alpha value is -1.32. The molecule has 4 heteroatoms. The monoisotopic (exact) mass is 228 g/mol. The second-order valence-electron chi connectivity index (χ2n) is 3.78. The van der Waals surface area contributed by atoms with E-state index in [-0.39, 0.29) is 5.92 Å². The summed E-state index contributed by atoms with van der Waals surface area (Å²) in [5, 5.41) is 0. The molecule has 0 saturated heterocycles. The van der Waals surface area contributed by atoms with Gasteiger partial charge >= 0.3 is 11.9 Å². The lowest BCUT2D eigenvalue weighted by Gasteiger charge is -2.14. The molecule has 0 N–H and O–H groups in total. The lowest BCUT2D eigenvalue weighted by atomic mass is 9.94. The molecule has 4 nitrogen and oxygen atoms in total. The van der Waals surface area contributed by atoms with Crippen LogP contribution in [0.5, 0.6) is 0 Å². The van der Waals surface area contributed by atoms with Crippen LogP contribution in [-0.4, -0.2) is 26.2 Å². The van der Waals surface area contributed by atoms with Crippen molar-refractivity contribution in [1.82, 2.24) is 0 Å². The van der Waals surface area contributed by atoms with Gasteiger partial charge in [0, 0.05) is 5.57 Å². The molecule has 0 radical (unpaired) electrons. The molecule has 0 bridgehead atoms. The van der Waals surface area contributed by atoms with Crippen molar-refractivity contribution in [1.29, 1.82) is 0 Å². The number of carbonyl (C=O) groups is 2. The largest absolute Gasteiger partial charge is 0.466 e. The van der Waals surface area contributed by atoms with Gasteiger partial charge in [0.1, 0.15) is 0 Å². The van der Waals surface area contributed by atoms with Crippen LogP contribution in [-0.2, 0) is 19.1 Å². The highest BCUT2D eigenvalue weighted by Gasteiger charge is 2.23. The van der Waals surface area contributed by atoms with E-state index >= 15 is 0 Å². The van der Waals surface area contributed by atoms with E-state index in [0.717, 1.165) is 6.42 Å². The SMILES string of the molecule is CCC/C(C(=O)OC)=C(/C(=O)OC)C(C)C. The lowest BCUT2D eigenvalue weighted by Crippen LogP contribution is -2.18. The van der Waals surface area contributed by atoms with Gasteiger partial charge < -0.3 is 9.47 Å². The number of rotatable bonds is 5. The molecule has 0 aliphatic carbocycles. The first-order valence-corrected chi connectivity index (χ1v) is 5.39. The molecule has 0 aromatic rings. The summed E-state index contributed by atoms with van der Waals surface area (Å²) in [6.07, 6.45) is 1.30. The Kier molecular flexibility index (Phi) is 6.46. The number of carbonyl (C=O) groups excluding carboxylic acids is 2. The molecule has 0 amide bonds. The van der Waals surface area contributed by atoms with Crippen LogP contribution in [0.15, 0.2) is 11.1 Å². The summed E-state index contributed by atoms with van der Waals surface area (Å²) in [6.45, 7) is 5.65. The van der Waals surface area contributed by atoms with Crippen LogP contribution < -0.4 is 0 Å². The Morgan fingerprint density at radius 2 is 1.56 bits per heavy atom. The molecular weight excluding hydrogens is 208 g/mol. The predicted octanol–water partition coefficient (Wildman–Crippen LogP) is 2.09. The molecule has 0 atom stereocenters. The molecule has 92 valence electrons. The van der Waals surface area contributed by atoms with E-state index in [2.05, 4.69) is 4.74 Å². The maximum Gasteiger partial charge on any atom is 0.334 e. The van der Waals surface area contributed by atoms with Crippen molar-refractivity contribution in [3.8, 4) is 0 Å². The van der Waals surface area contributed by atoms with Crippen LogP contribution in [0.4, 0.5) is 0 Å². The highest BCUT2D eigenvalue weighted by atomic mass is 16.5. The molecule has 0 unspecified atom stereocenters. The summed E-state index contributed by atoms with van der Waals surface area (Å²) >= 11 is 0. The van der Waals surface area contributed by atoms with Gasteiger partial charge in [-0.3, -0.25) is 0 Å². The summed E-state index contributed by atoms with van der Waals surface area (Å²) in [5.41, 5.74) is 0.836. The van der Waals surface area contributed by atoms with Gasteiger partial charge in [0.05, 0.1) is 19.8 Å². The van der Waals surface area contributed by atoms with Crippen LogP contribution >= 0.6 is 0 Å². The van der Waals surface area contributed by atoms with E-state index in [1.807, 2.05) is 20.8 Å². The third-order valence-electron chi connectivity index (χ3n) is 2.24. The number of esters is 2. The van der Waals surface area contributed by atoms with Crippen LogP contribution in [0, 0.1) is 5.92 Å². The maximum atomic E-state index is 11.6. The van der Waals surface area contributed by atoms with Crippen LogP contribution in [0.25, 0.3) is 0 Å². The van der Waals surface area contributed by atoms with Gasteiger partial charge in [-0.15, -0.1) is 0 Å². The molecule has 0 rings (SSSR count). The van der Waals surface area contributed by atoms with Crippen molar-refractivity contribution < 1.29 is 19.1 Å². The maximum absolute atomic E-state index is 11.6. The van der Waals surface area contributed by atoms with Crippen LogP contribution in [0.1, 0.15) is 33.6 Å². The molecule has 0 aromatic carbocycles. The number of ether oxygens (including phenoxy) is 2. The van der Waals surface area contributed by atoms with E-state index in [9.17, 15) is 9.59 Å². The fourth-order valence-electron chi connectivity index (χ4n) is 1.54. The van der Waals surface area contributed by atoms with Gasteiger partial charge in [0.2, 0.25) is 0 Å². The average molecular weight is 228 g/mol. The Balaban J connectivity index is 5.43. The zero-order valence-electron chi connectivity index (χ0n) is 10.6. The molecule has 0 aliphatic rings. The molecule has 0 aliphatic heterocycles. The van der Waals surface area contributed by atoms with E-state index in [0.29, 0.717) is 17.6 Å². The number of hydrogen-bond donors (Lipinski definition) is 0. The first-order chi connectivity index (χ1) is 7.49. The van der Waals surface area contributed by atoms with Gasteiger partial charge in [-0.25, -0.2) is 9.59 Å². The smallest absolute Gasteiger partial charge is 0.334 e. The third-order valence-corrected chi connectivity index (χ3v) is 2.24. The average Bonchev–Trinajstić information content (AvgIpc) is 2.26. The quantitative estimate of drug-likeness (QED) is 0.534. The molecule has 16 heavy (non-hydrogen) atoms. The van der Waals surface area contributed by atoms with Crippen molar-refractivity contribution in [2.24, 2.45) is 5.92 Å². The fraction of sp³-hybridized carbons (Fsp3) is 0.667. The van der Waals surface area contributed by atoms with E-state index in [1.54, 1.807) is 0 Å². The molecule has 0 fully saturated rings. The minimum Gasteiger partial charge on any atom is -0.466 e. The lowest BCUT2D eigenvalue weighted by molar-refractivity contribution is -0.139. The van der Waals surface area contributed by atoms with Gasteiger partial charge in [-0.05, 0) is 12.3 Å². The molecule has 0 spiro atoms. The predicted molar refractivity (Wildman–Crippen MR) is 60.8 cm³/mol. The second kappa shape index (κ2) is 7.04. The summed E-state index contributed by atoms with van der Waals surface area (Å²) in [5.74, 6) is -0.965. The van der Waals surface area contributed by atoms with Gasteiger partial charge in [0.25, 0.3) is 0 Å². The number of hydrogen-bond acceptors (Lipinski definition) is 4. The van der Waals surface area contributed by atoms with Crippen molar-refractivity contribution >= 4 is 11.9 Å². The van der Waals surface area contributed by atoms with Gasteiger partial charge in [-0.1, -0.05) is 27.2 Å².